The molecule has 0 atom stereocenters. The van der Waals surface area contributed by atoms with E-state index in [0.717, 1.165) is 32.1 Å². The second kappa shape index (κ2) is 4.33. The minimum atomic E-state index is 0.709. The van der Waals surface area contributed by atoms with Crippen LogP contribution in [0.1, 0.15) is 5.69 Å². The van der Waals surface area contributed by atoms with Crippen LogP contribution in [-0.4, -0.2) is 26.4 Å². The monoisotopic (exact) mass is 323 g/mol. The van der Waals surface area contributed by atoms with Gasteiger partial charge in [0, 0.05) is 17.7 Å². The molecule has 3 heterocycles. The summed E-state index contributed by atoms with van der Waals surface area (Å²) in [4.78, 5) is 12.1. The summed E-state index contributed by atoms with van der Waals surface area (Å²) in [6.07, 6.45) is 1.74. The molecule has 0 bridgehead atoms. The number of hydrogen-bond acceptors (Lipinski definition) is 5. The Bertz CT molecular complexity index is 717. The first-order valence-corrected chi connectivity index (χ1v) is 6.91. The molecular weight excluding hydrogens is 314 g/mol. The zero-order valence-corrected chi connectivity index (χ0v) is 12.2. The number of nitrogens with zero attached hydrogens (tertiary/aromatic N) is 3. The lowest BCUT2D eigenvalue weighted by Gasteiger charge is -1.98. The van der Waals surface area contributed by atoms with Crippen molar-refractivity contribution in [2.24, 2.45) is 0 Å². The van der Waals surface area contributed by atoms with E-state index in [1.54, 1.807) is 6.20 Å². The SMILES string of the molecule is CNc1snc(C)c1-c1nc2ncc(Br)cc2[nH]1. The lowest BCUT2D eigenvalue weighted by atomic mass is 10.2. The highest BCUT2D eigenvalue weighted by atomic mass is 79.9. The predicted molar refractivity (Wildman–Crippen MR) is 77.0 cm³/mol. The summed E-state index contributed by atoms with van der Waals surface area (Å²) in [7, 11) is 1.88. The van der Waals surface area contributed by atoms with Crippen LogP contribution in [0.25, 0.3) is 22.6 Å². The first kappa shape index (κ1) is 11.6. The largest absolute Gasteiger partial charge is 0.378 e. The van der Waals surface area contributed by atoms with Gasteiger partial charge in [-0.05, 0) is 40.5 Å². The molecule has 0 aliphatic heterocycles. The normalized spacial score (nSPS) is 11.1. The lowest BCUT2D eigenvalue weighted by molar-refractivity contribution is 1.26. The molecule has 0 fully saturated rings. The fourth-order valence-corrected chi connectivity index (χ4v) is 2.89. The number of aryl methyl sites for hydroxylation is 1. The van der Waals surface area contributed by atoms with Gasteiger partial charge in [0.05, 0.1) is 16.8 Å². The third kappa shape index (κ3) is 1.79. The average molecular weight is 324 g/mol. The van der Waals surface area contributed by atoms with Gasteiger partial charge in [-0.15, -0.1) is 0 Å². The quantitative estimate of drug-likeness (QED) is 0.760. The summed E-state index contributed by atoms with van der Waals surface area (Å²) in [6.45, 7) is 1.98. The molecule has 3 aromatic heterocycles. The number of H-pyrrole nitrogens is 1. The van der Waals surface area contributed by atoms with E-state index in [9.17, 15) is 0 Å². The number of imidazole rings is 1. The van der Waals surface area contributed by atoms with Crippen molar-refractivity contribution in [3.63, 3.8) is 0 Å². The molecule has 7 heteroatoms. The van der Waals surface area contributed by atoms with Crippen LogP contribution < -0.4 is 5.32 Å². The summed E-state index contributed by atoms with van der Waals surface area (Å²) in [5.41, 5.74) is 3.59. The number of aromatic nitrogens is 4. The van der Waals surface area contributed by atoms with Crippen molar-refractivity contribution in [2.45, 2.75) is 6.92 Å². The molecule has 0 saturated heterocycles. The maximum atomic E-state index is 4.50. The number of rotatable bonds is 2. The van der Waals surface area contributed by atoms with Crippen molar-refractivity contribution in [1.29, 1.82) is 0 Å². The van der Waals surface area contributed by atoms with Crippen molar-refractivity contribution in [2.75, 3.05) is 12.4 Å². The highest BCUT2D eigenvalue weighted by Gasteiger charge is 2.16. The van der Waals surface area contributed by atoms with Gasteiger partial charge in [-0.3, -0.25) is 0 Å². The number of hydrogen-bond donors (Lipinski definition) is 2. The van der Waals surface area contributed by atoms with Gasteiger partial charge < -0.3 is 10.3 Å². The number of pyridine rings is 1. The number of nitrogens with one attached hydrogen (secondary N) is 2. The molecule has 0 radical (unpaired) electrons. The smallest absolute Gasteiger partial charge is 0.178 e. The van der Waals surface area contributed by atoms with E-state index in [2.05, 4.69) is 40.6 Å². The second-order valence-corrected chi connectivity index (χ2v) is 5.52. The number of halogens is 1. The average Bonchev–Trinajstić information content (AvgIpc) is 2.91. The van der Waals surface area contributed by atoms with E-state index in [4.69, 9.17) is 0 Å². The molecule has 3 aromatic rings. The summed E-state index contributed by atoms with van der Waals surface area (Å²) < 4.78 is 5.27. The van der Waals surface area contributed by atoms with Crippen LogP contribution in [0.4, 0.5) is 5.00 Å². The van der Waals surface area contributed by atoms with Crippen LogP contribution in [0.5, 0.6) is 0 Å². The minimum absolute atomic E-state index is 0.709. The van der Waals surface area contributed by atoms with Gasteiger partial charge in [0.25, 0.3) is 0 Å². The van der Waals surface area contributed by atoms with Gasteiger partial charge in [-0.1, -0.05) is 0 Å². The van der Waals surface area contributed by atoms with E-state index >= 15 is 0 Å². The topological polar surface area (TPSA) is 66.5 Å². The Hall–Kier alpha value is -1.47. The Labute approximate surface area is 116 Å². The van der Waals surface area contributed by atoms with Crippen molar-refractivity contribution >= 4 is 43.6 Å². The first-order chi connectivity index (χ1) is 8.69. The predicted octanol–water partition coefficient (Wildman–Crippen LogP) is 3.19. The van der Waals surface area contributed by atoms with Gasteiger partial charge in [0.15, 0.2) is 5.65 Å². The van der Waals surface area contributed by atoms with Crippen molar-refractivity contribution in [3.8, 4) is 11.4 Å². The Morgan fingerprint density at radius 1 is 1.44 bits per heavy atom. The van der Waals surface area contributed by atoms with Crippen molar-refractivity contribution in [1.82, 2.24) is 19.3 Å². The summed E-state index contributed by atoms with van der Waals surface area (Å²) >= 11 is 4.83. The summed E-state index contributed by atoms with van der Waals surface area (Å²) in [5.74, 6) is 0.797. The zero-order valence-electron chi connectivity index (χ0n) is 9.78. The zero-order chi connectivity index (χ0) is 12.7. The molecule has 18 heavy (non-hydrogen) atoms. The lowest BCUT2D eigenvalue weighted by Crippen LogP contribution is -1.89. The summed E-state index contributed by atoms with van der Waals surface area (Å²) in [5, 5.41) is 4.14. The van der Waals surface area contributed by atoms with Crippen LogP contribution in [0.15, 0.2) is 16.7 Å². The van der Waals surface area contributed by atoms with Gasteiger partial charge in [-0.2, -0.15) is 4.37 Å². The van der Waals surface area contributed by atoms with Crippen LogP contribution in [0.2, 0.25) is 0 Å². The van der Waals surface area contributed by atoms with E-state index in [1.807, 2.05) is 20.0 Å². The highest BCUT2D eigenvalue weighted by Crippen LogP contribution is 2.33. The molecule has 0 aromatic carbocycles. The molecule has 0 saturated carbocycles. The van der Waals surface area contributed by atoms with E-state index in [0.29, 0.717) is 5.65 Å². The molecule has 5 nitrogen and oxygen atoms in total. The molecule has 0 aliphatic carbocycles. The fraction of sp³-hybridized carbons (Fsp3) is 0.182. The molecule has 3 rings (SSSR count). The van der Waals surface area contributed by atoms with E-state index in [1.165, 1.54) is 11.5 Å². The standard InChI is InChI=1S/C11H10BrN5S/c1-5-8(11(13-2)18-17-5)10-15-7-3-6(12)4-14-9(7)16-10/h3-4,13H,1-2H3,(H,14,15,16). The molecular formula is C11H10BrN5S. The highest BCUT2D eigenvalue weighted by molar-refractivity contribution is 9.10. The molecule has 0 unspecified atom stereocenters. The van der Waals surface area contributed by atoms with Gasteiger partial charge >= 0.3 is 0 Å². The molecule has 0 aliphatic rings. The minimum Gasteiger partial charge on any atom is -0.378 e. The Kier molecular flexibility index (Phi) is 2.79. The van der Waals surface area contributed by atoms with Gasteiger partial charge in [-0.25, -0.2) is 9.97 Å². The number of fused-ring (bicyclic) bond motifs is 1. The van der Waals surface area contributed by atoms with Crippen LogP contribution in [-0.2, 0) is 0 Å². The molecule has 0 amide bonds. The van der Waals surface area contributed by atoms with Crippen LogP contribution in [0.3, 0.4) is 0 Å². The maximum absolute atomic E-state index is 4.50. The second-order valence-electron chi connectivity index (χ2n) is 3.83. The third-order valence-corrected chi connectivity index (χ3v) is 4.02. The fourth-order valence-electron chi connectivity index (χ4n) is 1.81. The molecule has 0 spiro atoms. The van der Waals surface area contributed by atoms with Crippen LogP contribution in [0, 0.1) is 6.92 Å². The maximum Gasteiger partial charge on any atom is 0.178 e. The van der Waals surface area contributed by atoms with Gasteiger partial charge in [0.2, 0.25) is 0 Å². The van der Waals surface area contributed by atoms with Crippen molar-refractivity contribution in [3.05, 3.63) is 22.4 Å². The van der Waals surface area contributed by atoms with Crippen LogP contribution >= 0.6 is 27.5 Å². The van der Waals surface area contributed by atoms with Gasteiger partial charge in [0.1, 0.15) is 10.8 Å². The molecule has 92 valence electrons. The number of aromatic amines is 1. The Balaban J connectivity index is 2.22. The summed E-state index contributed by atoms with van der Waals surface area (Å²) in [6, 6.07) is 1.97. The third-order valence-electron chi connectivity index (χ3n) is 2.63. The van der Waals surface area contributed by atoms with Crippen molar-refractivity contribution < 1.29 is 0 Å². The first-order valence-electron chi connectivity index (χ1n) is 5.34. The Morgan fingerprint density at radius 3 is 3.06 bits per heavy atom. The number of anilines is 1. The van der Waals surface area contributed by atoms with E-state index < -0.39 is 0 Å². The van der Waals surface area contributed by atoms with E-state index in [-0.39, 0.29) is 0 Å². The Morgan fingerprint density at radius 2 is 2.28 bits per heavy atom. The molecule has 2 N–H and O–H groups in total.